The molecule has 36 heavy (non-hydrogen) atoms. The Labute approximate surface area is 214 Å². The summed E-state index contributed by atoms with van der Waals surface area (Å²) in [4.78, 5) is 11.2. The van der Waals surface area contributed by atoms with Crippen molar-refractivity contribution in [2.45, 2.75) is 97.2 Å². The summed E-state index contributed by atoms with van der Waals surface area (Å²) in [6.07, 6.45) is 4.89. The molecule has 0 radical (unpaired) electrons. The zero-order valence-electron chi connectivity index (χ0n) is 21.2. The summed E-state index contributed by atoms with van der Waals surface area (Å²) < 4.78 is 75.5. The predicted molar refractivity (Wildman–Crippen MR) is 129 cm³/mol. The first kappa shape index (κ1) is 28.2. The van der Waals surface area contributed by atoms with Gasteiger partial charge in [0.15, 0.2) is 0 Å². The molecule has 0 saturated heterocycles. The maximum Gasteiger partial charge on any atom is 0.397 e. The number of fused-ring (bicyclic) bond motifs is 5. The summed E-state index contributed by atoms with van der Waals surface area (Å²) in [7, 11) is -9.30. The number of rotatable bonds is 8. The van der Waals surface area contributed by atoms with Crippen LogP contribution < -0.4 is 0 Å². The molecule has 0 spiro atoms. The molecule has 10 nitrogen and oxygen atoms in total. The molecule has 0 aromatic carbocycles. The minimum absolute atomic E-state index is 0.0750. The third-order valence-electron chi connectivity index (χ3n) is 10.7. The van der Waals surface area contributed by atoms with Gasteiger partial charge in [0.2, 0.25) is 0 Å². The summed E-state index contributed by atoms with van der Waals surface area (Å²) in [6, 6.07) is 0. The van der Waals surface area contributed by atoms with Gasteiger partial charge in [-0.15, -0.1) is 0 Å². The third-order valence-corrected chi connectivity index (χ3v) is 11.7. The van der Waals surface area contributed by atoms with Gasteiger partial charge in [-0.25, -0.2) is 8.37 Å². The monoisotopic (exact) mass is 552 g/mol. The Balaban J connectivity index is 1.63. The second-order valence-electron chi connectivity index (χ2n) is 12.3. The molecule has 0 heterocycles. The van der Waals surface area contributed by atoms with Crippen LogP contribution in [0.4, 0.5) is 0 Å². The molecular weight excluding hydrogens is 512 g/mol. The number of aliphatic carboxylic acids is 1. The van der Waals surface area contributed by atoms with Crippen molar-refractivity contribution in [3.8, 4) is 0 Å². The smallest absolute Gasteiger partial charge is 0.397 e. The zero-order chi connectivity index (χ0) is 26.7. The lowest BCUT2D eigenvalue weighted by Crippen LogP contribution is -2.59. The van der Waals surface area contributed by atoms with Gasteiger partial charge in [-0.2, -0.15) is 16.8 Å². The van der Waals surface area contributed by atoms with Crippen LogP contribution in [0, 0.1) is 46.3 Å². The fourth-order valence-electron chi connectivity index (χ4n) is 9.20. The average Bonchev–Trinajstić information content (AvgIpc) is 3.08. The first-order valence-corrected chi connectivity index (χ1v) is 15.8. The number of hydrogen-bond donors (Lipinski definition) is 3. The summed E-state index contributed by atoms with van der Waals surface area (Å²) in [5, 5.41) is 9.17. The Morgan fingerprint density at radius 1 is 0.917 bits per heavy atom. The van der Waals surface area contributed by atoms with Crippen molar-refractivity contribution in [1.82, 2.24) is 0 Å². The number of carbonyl (C=O) groups is 1. The highest BCUT2D eigenvalue weighted by Crippen LogP contribution is 2.69. The van der Waals surface area contributed by atoms with Gasteiger partial charge in [0, 0.05) is 6.42 Å². The quantitative estimate of drug-likeness (QED) is 0.373. The van der Waals surface area contributed by atoms with E-state index < -0.39 is 39.0 Å². The lowest BCUT2D eigenvalue weighted by atomic mass is 9.43. The highest BCUT2D eigenvalue weighted by atomic mass is 32.3. The predicted octanol–water partition coefficient (Wildman–Crippen LogP) is 4.13. The lowest BCUT2D eigenvalue weighted by molar-refractivity contribution is -0.166. The van der Waals surface area contributed by atoms with E-state index in [0.717, 1.165) is 25.7 Å². The Morgan fingerprint density at radius 2 is 1.53 bits per heavy atom. The van der Waals surface area contributed by atoms with E-state index in [1.165, 1.54) is 0 Å². The van der Waals surface area contributed by atoms with Gasteiger partial charge >= 0.3 is 26.8 Å². The van der Waals surface area contributed by atoms with Crippen molar-refractivity contribution in [2.75, 3.05) is 0 Å². The second-order valence-corrected chi connectivity index (χ2v) is 14.4. The van der Waals surface area contributed by atoms with E-state index in [-0.39, 0.29) is 46.8 Å². The molecule has 0 amide bonds. The molecule has 0 aromatic heterocycles. The van der Waals surface area contributed by atoms with Crippen molar-refractivity contribution in [1.29, 1.82) is 0 Å². The maximum absolute atomic E-state index is 11.9. The van der Waals surface area contributed by atoms with E-state index in [0.29, 0.717) is 38.0 Å². The van der Waals surface area contributed by atoms with Crippen LogP contribution in [0.2, 0.25) is 0 Å². The van der Waals surface area contributed by atoms with Crippen molar-refractivity contribution >= 4 is 26.8 Å². The van der Waals surface area contributed by atoms with Crippen molar-refractivity contribution in [3.63, 3.8) is 0 Å². The molecule has 0 aliphatic heterocycles. The van der Waals surface area contributed by atoms with E-state index in [1.807, 2.05) is 0 Å². The van der Waals surface area contributed by atoms with Gasteiger partial charge in [0.05, 0.1) is 12.2 Å². The number of hydrogen-bond acceptors (Lipinski definition) is 7. The van der Waals surface area contributed by atoms with Gasteiger partial charge in [0.1, 0.15) is 0 Å². The fraction of sp³-hybridized carbons (Fsp3) is 0.958. The van der Waals surface area contributed by atoms with Crippen LogP contribution in [0.3, 0.4) is 0 Å². The molecule has 4 rings (SSSR count). The van der Waals surface area contributed by atoms with Crippen molar-refractivity contribution in [3.05, 3.63) is 0 Å². The molecule has 0 bridgehead atoms. The van der Waals surface area contributed by atoms with Gasteiger partial charge in [-0.05, 0) is 104 Å². The molecule has 10 atom stereocenters. The van der Waals surface area contributed by atoms with Crippen LogP contribution in [-0.2, 0) is 34.0 Å². The summed E-state index contributed by atoms with van der Waals surface area (Å²) in [5.74, 6) is -0.0748. The van der Waals surface area contributed by atoms with Crippen molar-refractivity contribution < 1.29 is 44.2 Å². The molecule has 0 aromatic rings. The summed E-state index contributed by atoms with van der Waals surface area (Å²) in [5.41, 5.74) is -0.244. The second kappa shape index (κ2) is 9.75. The van der Waals surface area contributed by atoms with Crippen LogP contribution in [0.1, 0.15) is 85.0 Å². The van der Waals surface area contributed by atoms with Gasteiger partial charge in [-0.3, -0.25) is 13.9 Å². The lowest BCUT2D eigenvalue weighted by Gasteiger charge is -2.62. The fourth-order valence-corrected chi connectivity index (χ4v) is 10.2. The highest BCUT2D eigenvalue weighted by molar-refractivity contribution is 7.81. The first-order chi connectivity index (χ1) is 16.5. The minimum Gasteiger partial charge on any atom is -0.481 e. The molecule has 4 aliphatic rings. The highest BCUT2D eigenvalue weighted by Gasteiger charge is 2.64. The van der Waals surface area contributed by atoms with Gasteiger partial charge in [0.25, 0.3) is 0 Å². The van der Waals surface area contributed by atoms with E-state index >= 15 is 0 Å². The van der Waals surface area contributed by atoms with E-state index in [9.17, 15) is 30.7 Å². The van der Waals surface area contributed by atoms with E-state index in [4.69, 9.17) is 13.5 Å². The molecule has 12 heteroatoms. The Bertz CT molecular complexity index is 1060. The SMILES string of the molecule is C[C@H](CCC(=O)O)[C@H]1CCC2C3C(OS(=O)(=O)O)CC4C[C@@H](OS(=O)(=O)O)CC[C@]4(C)C3CC[C@@]21C. The first-order valence-electron chi connectivity index (χ1n) is 13.1. The van der Waals surface area contributed by atoms with Gasteiger partial charge in [-0.1, -0.05) is 20.8 Å². The molecule has 3 N–H and O–H groups in total. The van der Waals surface area contributed by atoms with E-state index in [1.54, 1.807) is 0 Å². The number of carboxylic acid groups (broad SMARTS) is 1. The summed E-state index contributed by atoms with van der Waals surface area (Å²) >= 11 is 0. The minimum atomic E-state index is -4.70. The normalized spacial score (nSPS) is 43.8. The van der Waals surface area contributed by atoms with Crippen LogP contribution in [0.15, 0.2) is 0 Å². The maximum atomic E-state index is 11.9. The molecule has 4 fully saturated rings. The molecule has 4 aliphatic carbocycles. The Morgan fingerprint density at radius 3 is 2.14 bits per heavy atom. The Kier molecular flexibility index (Phi) is 7.64. The third kappa shape index (κ3) is 5.49. The summed E-state index contributed by atoms with van der Waals surface area (Å²) in [6.45, 7) is 6.58. The van der Waals surface area contributed by atoms with Crippen LogP contribution in [0.25, 0.3) is 0 Å². The molecule has 5 unspecified atom stereocenters. The number of carboxylic acids is 1. The van der Waals surface area contributed by atoms with Gasteiger partial charge < -0.3 is 5.11 Å². The Hall–Kier alpha value is -0.790. The van der Waals surface area contributed by atoms with Crippen LogP contribution >= 0.6 is 0 Å². The topological polar surface area (TPSA) is 164 Å². The van der Waals surface area contributed by atoms with E-state index in [2.05, 4.69) is 20.8 Å². The zero-order valence-corrected chi connectivity index (χ0v) is 22.8. The molecular formula is C24H40O10S2. The standard InChI is InChI=1S/C24H40O10S2/c1-14(4-7-21(25)26)17-5-6-18-22-19(9-11-24(17,18)3)23(2)10-8-16(33-35(27,28)29)12-15(23)13-20(22)34-36(30,31)32/h14-20,22H,4-13H2,1-3H3,(H,25,26)(H,27,28,29)(H,30,31,32)/t14-,15?,16+,17-,18?,19?,20?,22?,23+,24-/m1/s1. The van der Waals surface area contributed by atoms with Crippen LogP contribution in [-0.4, -0.2) is 49.2 Å². The van der Waals surface area contributed by atoms with Crippen molar-refractivity contribution in [2.24, 2.45) is 46.3 Å². The largest absolute Gasteiger partial charge is 0.481 e. The van der Waals surface area contributed by atoms with Crippen LogP contribution in [0.5, 0.6) is 0 Å². The molecule has 4 saturated carbocycles. The average molecular weight is 553 g/mol. The molecule has 208 valence electrons.